The minimum atomic E-state index is -0.400. The Bertz CT molecular complexity index is 1040. The first-order chi connectivity index (χ1) is 15.6. The van der Waals surface area contributed by atoms with E-state index >= 15 is 0 Å². The summed E-state index contributed by atoms with van der Waals surface area (Å²) in [5, 5.41) is 0. The molecule has 32 heavy (non-hydrogen) atoms. The highest BCUT2D eigenvalue weighted by molar-refractivity contribution is 5.70. The topological polar surface area (TPSA) is 39.3 Å². The molecule has 3 aliphatic heterocycles. The van der Waals surface area contributed by atoms with E-state index in [0.29, 0.717) is 49.0 Å². The summed E-state index contributed by atoms with van der Waals surface area (Å²) in [6.45, 7) is 3.63. The van der Waals surface area contributed by atoms with Gasteiger partial charge in [-0.15, -0.1) is 0 Å². The van der Waals surface area contributed by atoms with Crippen LogP contribution < -0.4 is 9.80 Å². The first kappa shape index (κ1) is 20.6. The third kappa shape index (κ3) is 4.09. The number of benzene rings is 2. The third-order valence-electron chi connectivity index (χ3n) is 6.23. The number of piperidine rings is 1. The van der Waals surface area contributed by atoms with E-state index in [2.05, 4.69) is 4.90 Å². The van der Waals surface area contributed by atoms with Gasteiger partial charge in [0.05, 0.1) is 25.6 Å². The minimum absolute atomic E-state index is 0.313. The van der Waals surface area contributed by atoms with Gasteiger partial charge in [0.2, 0.25) is 0 Å². The fourth-order valence-corrected chi connectivity index (χ4v) is 4.48. The Morgan fingerprint density at radius 1 is 0.906 bits per heavy atom. The van der Waals surface area contributed by atoms with Crippen LogP contribution in [0.4, 0.5) is 25.0 Å². The summed E-state index contributed by atoms with van der Waals surface area (Å²) in [5.41, 5.74) is 2.19. The average Bonchev–Trinajstić information content (AvgIpc) is 3.44. The molecule has 0 unspecified atom stereocenters. The maximum absolute atomic E-state index is 15.0. The number of carbonyl (C=O) groups is 1. The molecule has 0 saturated carbocycles. The number of hydrogen-bond donors (Lipinski definition) is 0. The van der Waals surface area contributed by atoms with Gasteiger partial charge in [0, 0.05) is 36.7 Å². The van der Waals surface area contributed by atoms with Gasteiger partial charge in [0.1, 0.15) is 18.2 Å². The van der Waals surface area contributed by atoms with Crippen LogP contribution in [0.25, 0.3) is 11.1 Å². The molecule has 0 N–H and O–H groups in total. The van der Waals surface area contributed by atoms with Crippen LogP contribution >= 0.6 is 0 Å². The Morgan fingerprint density at radius 3 is 2.47 bits per heavy atom. The Labute approximate surface area is 186 Å². The SMILES string of the molecule is O=C1OCCN1CN1C=CN(c2ccc(-c3ccc(N4CCCCC4)c(F)c3)c(F)c2)C1. The van der Waals surface area contributed by atoms with Crippen molar-refractivity contribution in [3.05, 3.63) is 60.4 Å². The van der Waals surface area contributed by atoms with Gasteiger partial charge in [0.25, 0.3) is 0 Å². The van der Waals surface area contributed by atoms with Gasteiger partial charge in [-0.05, 0) is 55.2 Å². The first-order valence-electron chi connectivity index (χ1n) is 11.0. The summed E-state index contributed by atoms with van der Waals surface area (Å²) in [6.07, 6.45) is 6.73. The fraction of sp³-hybridized carbons (Fsp3) is 0.375. The third-order valence-corrected chi connectivity index (χ3v) is 6.23. The van der Waals surface area contributed by atoms with Crippen LogP contribution in [0.3, 0.4) is 0 Å². The monoisotopic (exact) mass is 440 g/mol. The normalized spacial score (nSPS) is 18.6. The van der Waals surface area contributed by atoms with Gasteiger partial charge in [-0.1, -0.05) is 6.07 Å². The molecule has 3 aliphatic rings. The number of halogens is 2. The molecule has 0 spiro atoms. The molecule has 168 valence electrons. The van der Waals surface area contributed by atoms with Crippen molar-refractivity contribution in [1.29, 1.82) is 0 Å². The van der Waals surface area contributed by atoms with E-state index in [-0.39, 0.29) is 11.9 Å². The van der Waals surface area contributed by atoms with E-state index in [1.54, 1.807) is 23.1 Å². The molecule has 5 rings (SSSR count). The number of ether oxygens (including phenoxy) is 1. The number of hydrogen-bond acceptors (Lipinski definition) is 5. The molecule has 0 atom stereocenters. The van der Waals surface area contributed by atoms with E-state index in [1.165, 1.54) is 18.6 Å². The summed E-state index contributed by atoms with van der Waals surface area (Å²) in [5.74, 6) is -0.714. The largest absolute Gasteiger partial charge is 0.447 e. The highest BCUT2D eigenvalue weighted by Crippen LogP contribution is 2.32. The molecule has 2 aromatic rings. The molecule has 2 saturated heterocycles. The van der Waals surface area contributed by atoms with Crippen molar-refractivity contribution in [3.8, 4) is 11.1 Å². The van der Waals surface area contributed by atoms with Gasteiger partial charge < -0.3 is 19.4 Å². The van der Waals surface area contributed by atoms with E-state index in [4.69, 9.17) is 4.74 Å². The van der Waals surface area contributed by atoms with Crippen molar-refractivity contribution < 1.29 is 18.3 Å². The molecule has 0 aromatic heterocycles. The van der Waals surface area contributed by atoms with Crippen LogP contribution in [0.15, 0.2) is 48.8 Å². The zero-order valence-electron chi connectivity index (χ0n) is 17.8. The van der Waals surface area contributed by atoms with Crippen molar-refractivity contribution >= 4 is 17.5 Å². The zero-order valence-corrected chi connectivity index (χ0v) is 17.8. The smallest absolute Gasteiger partial charge is 0.411 e. The second kappa shape index (κ2) is 8.68. The van der Waals surface area contributed by atoms with Gasteiger partial charge >= 0.3 is 6.09 Å². The molecule has 1 amide bonds. The zero-order chi connectivity index (χ0) is 22.1. The lowest BCUT2D eigenvalue weighted by atomic mass is 10.0. The number of amides is 1. The van der Waals surface area contributed by atoms with Crippen LogP contribution in [-0.4, -0.2) is 55.5 Å². The molecule has 0 aliphatic carbocycles. The van der Waals surface area contributed by atoms with Gasteiger partial charge in [0.15, 0.2) is 0 Å². The van der Waals surface area contributed by atoms with E-state index in [0.717, 1.165) is 25.9 Å². The molecule has 0 radical (unpaired) electrons. The van der Waals surface area contributed by atoms with Crippen LogP contribution in [0.5, 0.6) is 0 Å². The number of carbonyl (C=O) groups excluding carboxylic acids is 1. The maximum Gasteiger partial charge on any atom is 0.411 e. The Morgan fingerprint density at radius 2 is 1.75 bits per heavy atom. The summed E-state index contributed by atoms with van der Waals surface area (Å²) < 4.78 is 34.7. The summed E-state index contributed by atoms with van der Waals surface area (Å²) in [7, 11) is 0. The predicted molar refractivity (Wildman–Crippen MR) is 119 cm³/mol. The second-order valence-corrected chi connectivity index (χ2v) is 8.40. The average molecular weight is 440 g/mol. The summed E-state index contributed by atoms with van der Waals surface area (Å²) >= 11 is 0. The van der Waals surface area contributed by atoms with E-state index < -0.39 is 5.82 Å². The molecule has 8 heteroatoms. The minimum Gasteiger partial charge on any atom is -0.447 e. The Balaban J connectivity index is 1.28. The number of rotatable bonds is 5. The van der Waals surface area contributed by atoms with Crippen molar-refractivity contribution in [2.24, 2.45) is 0 Å². The molecule has 6 nitrogen and oxygen atoms in total. The van der Waals surface area contributed by atoms with Crippen molar-refractivity contribution in [2.45, 2.75) is 19.3 Å². The molecular formula is C24H26F2N4O2. The summed E-state index contributed by atoms with van der Waals surface area (Å²) in [6, 6.07) is 9.95. The van der Waals surface area contributed by atoms with Crippen molar-refractivity contribution in [1.82, 2.24) is 9.80 Å². The molecule has 3 heterocycles. The molecular weight excluding hydrogens is 414 g/mol. The van der Waals surface area contributed by atoms with Gasteiger partial charge in [-0.2, -0.15) is 0 Å². The van der Waals surface area contributed by atoms with Crippen LogP contribution in [0, 0.1) is 11.6 Å². The highest BCUT2D eigenvalue weighted by atomic mass is 19.1. The quantitative estimate of drug-likeness (QED) is 0.681. The lowest BCUT2D eigenvalue weighted by Crippen LogP contribution is -2.37. The van der Waals surface area contributed by atoms with Gasteiger partial charge in [-0.3, -0.25) is 4.90 Å². The van der Waals surface area contributed by atoms with Crippen LogP contribution in [0.2, 0.25) is 0 Å². The Kier molecular flexibility index (Phi) is 5.59. The molecule has 2 fully saturated rings. The number of cyclic esters (lactones) is 1. The van der Waals surface area contributed by atoms with E-state index in [1.807, 2.05) is 28.3 Å². The van der Waals surface area contributed by atoms with Gasteiger partial charge in [-0.25, -0.2) is 13.6 Å². The molecule has 0 bridgehead atoms. The van der Waals surface area contributed by atoms with E-state index in [9.17, 15) is 13.6 Å². The lowest BCUT2D eigenvalue weighted by molar-refractivity contribution is 0.145. The first-order valence-corrected chi connectivity index (χ1v) is 11.0. The van der Waals surface area contributed by atoms with Crippen molar-refractivity contribution in [2.75, 3.05) is 49.4 Å². The number of nitrogens with zero attached hydrogens (tertiary/aromatic N) is 4. The standard InChI is InChI=1S/C24H26F2N4O2/c25-21-15-19(29-11-10-27(16-29)17-30-12-13-32-24(30)31)5-6-20(21)18-4-7-23(22(26)14-18)28-8-2-1-3-9-28/h4-7,10-11,14-15H,1-3,8-9,12-13,16-17H2. The summed E-state index contributed by atoms with van der Waals surface area (Å²) in [4.78, 5) is 19.2. The maximum atomic E-state index is 15.0. The predicted octanol–water partition coefficient (Wildman–Crippen LogP) is 4.58. The molecule has 2 aromatic carbocycles. The highest BCUT2D eigenvalue weighted by Gasteiger charge is 2.25. The fourth-order valence-electron chi connectivity index (χ4n) is 4.48. The van der Waals surface area contributed by atoms with Crippen molar-refractivity contribution in [3.63, 3.8) is 0 Å². The Hall–Kier alpha value is -3.29. The second-order valence-electron chi connectivity index (χ2n) is 8.40. The lowest BCUT2D eigenvalue weighted by Gasteiger charge is -2.29. The van der Waals surface area contributed by atoms with Crippen LogP contribution in [-0.2, 0) is 4.74 Å². The van der Waals surface area contributed by atoms with Crippen LogP contribution in [0.1, 0.15) is 19.3 Å². The number of anilines is 2.